The average Bonchev–Trinajstić information content (AvgIpc) is 2.29. The summed E-state index contributed by atoms with van der Waals surface area (Å²) in [6.45, 7) is 1.47. The molecule has 17 heavy (non-hydrogen) atoms. The third-order valence-electron chi connectivity index (χ3n) is 2.09. The van der Waals surface area contributed by atoms with Crippen LogP contribution in [-0.4, -0.2) is 28.9 Å². The summed E-state index contributed by atoms with van der Waals surface area (Å²) < 4.78 is 4.76. The quantitative estimate of drug-likeness (QED) is 0.706. The average molecular weight is 235 g/mol. The van der Waals surface area contributed by atoms with Gasteiger partial charge < -0.3 is 14.5 Å². The molecular formula is C11H14BNO4. The first kappa shape index (κ1) is 13.4. The van der Waals surface area contributed by atoms with E-state index in [4.69, 9.17) is 4.65 Å². The Hall–Kier alpha value is -1.69. The highest BCUT2D eigenvalue weighted by Crippen LogP contribution is 1.99. The van der Waals surface area contributed by atoms with Crippen LogP contribution in [0.25, 0.3) is 0 Å². The fourth-order valence-electron chi connectivity index (χ4n) is 1.25. The van der Waals surface area contributed by atoms with Crippen LogP contribution in [0.2, 0.25) is 0 Å². The topological polar surface area (TPSA) is 76.5 Å². The second-order valence-electron chi connectivity index (χ2n) is 3.65. The zero-order chi connectivity index (χ0) is 12.7. The van der Waals surface area contributed by atoms with E-state index in [1.54, 1.807) is 18.2 Å². The SMILES string of the molecule is CC(=O)CCCC(=O)OB(O)c1ccccn1. The zero-order valence-electron chi connectivity index (χ0n) is 9.63. The molecular weight excluding hydrogens is 221 g/mol. The van der Waals surface area contributed by atoms with E-state index in [-0.39, 0.29) is 17.8 Å². The maximum absolute atomic E-state index is 11.3. The molecule has 0 saturated carbocycles. The van der Waals surface area contributed by atoms with E-state index in [1.807, 2.05) is 0 Å². The molecule has 0 aliphatic carbocycles. The number of Topliss-reactive ketones (excluding diaryl/α,β-unsaturated/α-hetero) is 1. The van der Waals surface area contributed by atoms with E-state index in [2.05, 4.69) is 4.98 Å². The summed E-state index contributed by atoms with van der Waals surface area (Å²) >= 11 is 0. The lowest BCUT2D eigenvalue weighted by molar-refractivity contribution is -0.135. The van der Waals surface area contributed by atoms with Crippen LogP contribution >= 0.6 is 0 Å². The lowest BCUT2D eigenvalue weighted by Gasteiger charge is -2.07. The molecule has 1 aromatic heterocycles. The van der Waals surface area contributed by atoms with Crippen molar-refractivity contribution < 1.29 is 19.3 Å². The van der Waals surface area contributed by atoms with Gasteiger partial charge in [-0.3, -0.25) is 9.78 Å². The van der Waals surface area contributed by atoms with Crippen LogP contribution < -0.4 is 5.59 Å². The van der Waals surface area contributed by atoms with Crippen LogP contribution in [-0.2, 0) is 14.2 Å². The van der Waals surface area contributed by atoms with Crippen LogP contribution in [0.4, 0.5) is 0 Å². The molecule has 0 aliphatic heterocycles. The molecule has 6 heteroatoms. The Morgan fingerprint density at radius 3 is 2.76 bits per heavy atom. The molecule has 5 nitrogen and oxygen atoms in total. The highest BCUT2D eigenvalue weighted by atomic mass is 16.6. The van der Waals surface area contributed by atoms with Crippen molar-refractivity contribution in [1.82, 2.24) is 4.98 Å². The number of hydrogen-bond acceptors (Lipinski definition) is 5. The Balaban J connectivity index is 2.34. The number of nitrogens with zero attached hydrogens (tertiary/aromatic N) is 1. The van der Waals surface area contributed by atoms with Gasteiger partial charge in [0.2, 0.25) is 0 Å². The molecule has 0 atom stereocenters. The summed E-state index contributed by atoms with van der Waals surface area (Å²) in [6.07, 6.45) is 2.39. The molecule has 0 aliphatic rings. The Bertz CT molecular complexity index is 382. The molecule has 0 spiro atoms. The second-order valence-corrected chi connectivity index (χ2v) is 3.65. The number of carbonyl (C=O) groups is 2. The van der Waals surface area contributed by atoms with Crippen molar-refractivity contribution in [3.8, 4) is 0 Å². The van der Waals surface area contributed by atoms with Gasteiger partial charge in [0.25, 0.3) is 5.97 Å². The predicted octanol–water partition coefficient (Wildman–Crippen LogP) is 0.0716. The normalized spacial score (nSPS) is 9.76. The van der Waals surface area contributed by atoms with Gasteiger partial charge in [0, 0.05) is 19.0 Å². The highest BCUT2D eigenvalue weighted by molar-refractivity contribution is 6.60. The Morgan fingerprint density at radius 2 is 2.18 bits per heavy atom. The van der Waals surface area contributed by atoms with Crippen LogP contribution in [0.1, 0.15) is 26.2 Å². The Morgan fingerprint density at radius 1 is 1.41 bits per heavy atom. The number of pyridine rings is 1. The number of carbonyl (C=O) groups excluding carboxylic acids is 2. The van der Waals surface area contributed by atoms with Gasteiger partial charge in [-0.25, -0.2) is 0 Å². The standard InChI is InChI=1S/C11H14BNO4/c1-9(14)5-4-7-11(15)17-12(16)10-6-2-3-8-13-10/h2-3,6,8,16H,4-5,7H2,1H3. The van der Waals surface area contributed by atoms with Crippen molar-refractivity contribution in [2.45, 2.75) is 26.2 Å². The minimum Gasteiger partial charge on any atom is -0.505 e. The summed E-state index contributed by atoms with van der Waals surface area (Å²) in [7, 11) is -1.35. The minimum atomic E-state index is -1.35. The first-order chi connectivity index (χ1) is 8.09. The summed E-state index contributed by atoms with van der Waals surface area (Å²) in [5.41, 5.74) is 0.285. The minimum absolute atomic E-state index is 0.0306. The maximum atomic E-state index is 11.3. The lowest BCUT2D eigenvalue weighted by Crippen LogP contribution is -2.37. The zero-order valence-corrected chi connectivity index (χ0v) is 9.63. The molecule has 0 saturated heterocycles. The number of rotatable bonds is 6. The van der Waals surface area contributed by atoms with Crippen LogP contribution in [0.3, 0.4) is 0 Å². The van der Waals surface area contributed by atoms with Crippen molar-refractivity contribution in [3.05, 3.63) is 24.4 Å². The van der Waals surface area contributed by atoms with Gasteiger partial charge in [0.05, 0.1) is 5.59 Å². The molecule has 0 radical (unpaired) electrons. The smallest absolute Gasteiger partial charge is 0.505 e. The Labute approximate surface area is 100.0 Å². The lowest BCUT2D eigenvalue weighted by atomic mass is 9.84. The summed E-state index contributed by atoms with van der Waals surface area (Å²) in [4.78, 5) is 25.8. The third-order valence-corrected chi connectivity index (χ3v) is 2.09. The maximum Gasteiger partial charge on any atom is 0.581 e. The Kier molecular flexibility index (Phi) is 5.35. The molecule has 90 valence electrons. The van der Waals surface area contributed by atoms with Crippen LogP contribution in [0.15, 0.2) is 24.4 Å². The fraction of sp³-hybridized carbons (Fsp3) is 0.364. The van der Waals surface area contributed by atoms with Gasteiger partial charge >= 0.3 is 7.12 Å². The van der Waals surface area contributed by atoms with Crippen molar-refractivity contribution in [2.24, 2.45) is 0 Å². The molecule has 1 N–H and O–H groups in total. The van der Waals surface area contributed by atoms with E-state index < -0.39 is 13.1 Å². The van der Waals surface area contributed by atoms with Gasteiger partial charge in [-0.05, 0) is 25.5 Å². The van der Waals surface area contributed by atoms with Crippen molar-refractivity contribution in [1.29, 1.82) is 0 Å². The molecule has 1 heterocycles. The fourth-order valence-corrected chi connectivity index (χ4v) is 1.25. The predicted molar refractivity (Wildman–Crippen MR) is 62.5 cm³/mol. The molecule has 1 rings (SSSR count). The molecule has 0 unspecified atom stereocenters. The number of ketones is 1. The van der Waals surface area contributed by atoms with E-state index in [0.29, 0.717) is 12.8 Å². The van der Waals surface area contributed by atoms with Crippen molar-refractivity contribution in [2.75, 3.05) is 0 Å². The van der Waals surface area contributed by atoms with Gasteiger partial charge in [-0.15, -0.1) is 0 Å². The van der Waals surface area contributed by atoms with Crippen molar-refractivity contribution >= 4 is 24.5 Å². The van der Waals surface area contributed by atoms with E-state index >= 15 is 0 Å². The third kappa shape index (κ3) is 5.26. The summed E-state index contributed by atoms with van der Waals surface area (Å²) in [5.74, 6) is -0.507. The summed E-state index contributed by atoms with van der Waals surface area (Å²) in [6, 6.07) is 4.95. The molecule has 0 aromatic carbocycles. The molecule has 0 fully saturated rings. The molecule has 0 amide bonds. The van der Waals surface area contributed by atoms with E-state index in [1.165, 1.54) is 13.1 Å². The molecule has 1 aromatic rings. The van der Waals surface area contributed by atoms with Gasteiger partial charge in [-0.2, -0.15) is 0 Å². The summed E-state index contributed by atoms with van der Waals surface area (Å²) in [5, 5.41) is 9.53. The van der Waals surface area contributed by atoms with E-state index in [9.17, 15) is 14.6 Å². The van der Waals surface area contributed by atoms with E-state index in [0.717, 1.165) is 0 Å². The number of hydrogen-bond donors (Lipinski definition) is 1. The van der Waals surface area contributed by atoms with Crippen molar-refractivity contribution in [3.63, 3.8) is 0 Å². The molecule has 0 bridgehead atoms. The van der Waals surface area contributed by atoms with Gasteiger partial charge in [0.1, 0.15) is 5.78 Å². The second kappa shape index (κ2) is 6.80. The largest absolute Gasteiger partial charge is 0.581 e. The van der Waals surface area contributed by atoms with Gasteiger partial charge in [-0.1, -0.05) is 6.07 Å². The first-order valence-electron chi connectivity index (χ1n) is 5.37. The monoisotopic (exact) mass is 235 g/mol. The van der Waals surface area contributed by atoms with Crippen LogP contribution in [0.5, 0.6) is 0 Å². The first-order valence-corrected chi connectivity index (χ1v) is 5.37. The highest BCUT2D eigenvalue weighted by Gasteiger charge is 2.22. The van der Waals surface area contributed by atoms with Crippen LogP contribution in [0, 0.1) is 0 Å². The van der Waals surface area contributed by atoms with Gasteiger partial charge in [0.15, 0.2) is 0 Å². The number of aromatic nitrogens is 1.